The summed E-state index contributed by atoms with van der Waals surface area (Å²) >= 11 is 1.41. The summed E-state index contributed by atoms with van der Waals surface area (Å²) < 4.78 is 14.7. The van der Waals surface area contributed by atoms with Crippen LogP contribution in [0.3, 0.4) is 0 Å². The van der Waals surface area contributed by atoms with Gasteiger partial charge < -0.3 is 14.4 Å². The van der Waals surface area contributed by atoms with E-state index in [2.05, 4.69) is 4.37 Å². The third-order valence-corrected chi connectivity index (χ3v) is 4.14. The molecule has 2 heterocycles. The van der Waals surface area contributed by atoms with Gasteiger partial charge in [-0.3, -0.25) is 0 Å². The molecule has 1 saturated heterocycles. The standard InChI is InChI=1S/C13H14N2O3S/c1-17-13(16)11-8-18-7-6-15(11)12-9-4-2-3-5-10(9)14-19-12/h2-5,11H,6-8H2,1H3. The Kier molecular flexibility index (Phi) is 3.35. The molecule has 1 aromatic heterocycles. The Bertz CT molecular complexity index is 598. The molecule has 19 heavy (non-hydrogen) atoms. The van der Waals surface area contributed by atoms with E-state index in [0.29, 0.717) is 19.8 Å². The quantitative estimate of drug-likeness (QED) is 0.782. The summed E-state index contributed by atoms with van der Waals surface area (Å²) in [4.78, 5) is 13.9. The second kappa shape index (κ2) is 5.14. The van der Waals surface area contributed by atoms with E-state index < -0.39 is 0 Å². The average Bonchev–Trinajstić information content (AvgIpc) is 2.90. The van der Waals surface area contributed by atoms with Gasteiger partial charge in [-0.2, -0.15) is 4.37 Å². The van der Waals surface area contributed by atoms with E-state index in [-0.39, 0.29) is 12.0 Å². The molecule has 0 bridgehead atoms. The molecule has 6 heteroatoms. The molecular weight excluding hydrogens is 264 g/mol. The second-order valence-electron chi connectivity index (χ2n) is 4.31. The van der Waals surface area contributed by atoms with E-state index >= 15 is 0 Å². The van der Waals surface area contributed by atoms with Crippen LogP contribution in [0.15, 0.2) is 24.3 Å². The second-order valence-corrected chi connectivity index (χ2v) is 5.06. The molecule has 1 unspecified atom stereocenters. The predicted molar refractivity (Wildman–Crippen MR) is 73.6 cm³/mol. The van der Waals surface area contributed by atoms with Crippen molar-refractivity contribution >= 4 is 33.4 Å². The molecule has 1 aliphatic rings. The highest BCUT2D eigenvalue weighted by Crippen LogP contribution is 2.33. The molecule has 0 amide bonds. The Morgan fingerprint density at radius 1 is 1.53 bits per heavy atom. The molecule has 0 N–H and O–H groups in total. The number of fused-ring (bicyclic) bond motifs is 1. The fourth-order valence-corrected chi connectivity index (χ4v) is 3.20. The Morgan fingerprint density at radius 2 is 2.37 bits per heavy atom. The number of benzene rings is 1. The molecule has 1 atom stereocenters. The van der Waals surface area contributed by atoms with Crippen molar-refractivity contribution in [2.75, 3.05) is 31.8 Å². The largest absolute Gasteiger partial charge is 0.467 e. The van der Waals surface area contributed by atoms with Gasteiger partial charge in [-0.05, 0) is 23.7 Å². The number of rotatable bonds is 2. The zero-order chi connectivity index (χ0) is 13.2. The average molecular weight is 278 g/mol. The smallest absolute Gasteiger partial charge is 0.330 e. The van der Waals surface area contributed by atoms with E-state index in [0.717, 1.165) is 15.9 Å². The zero-order valence-corrected chi connectivity index (χ0v) is 11.4. The Labute approximate surface area is 114 Å². The van der Waals surface area contributed by atoms with Crippen LogP contribution in [0, 0.1) is 0 Å². The van der Waals surface area contributed by atoms with Gasteiger partial charge in [0.25, 0.3) is 0 Å². The number of hydrogen-bond acceptors (Lipinski definition) is 6. The maximum absolute atomic E-state index is 11.8. The predicted octanol–water partition coefficient (Wildman–Crippen LogP) is 1.67. The monoisotopic (exact) mass is 278 g/mol. The van der Waals surface area contributed by atoms with Crippen molar-refractivity contribution < 1.29 is 14.3 Å². The lowest BCUT2D eigenvalue weighted by Crippen LogP contribution is -2.50. The van der Waals surface area contributed by atoms with Crippen molar-refractivity contribution in [3.05, 3.63) is 24.3 Å². The molecular formula is C13H14N2O3S. The normalized spacial score (nSPS) is 19.6. The fourth-order valence-electron chi connectivity index (χ4n) is 2.26. The number of anilines is 1. The number of esters is 1. The highest BCUT2D eigenvalue weighted by Gasteiger charge is 2.32. The number of morpholine rings is 1. The summed E-state index contributed by atoms with van der Waals surface area (Å²) in [6.45, 7) is 1.64. The van der Waals surface area contributed by atoms with Gasteiger partial charge in [0.2, 0.25) is 0 Å². The highest BCUT2D eigenvalue weighted by atomic mass is 32.1. The lowest BCUT2D eigenvalue weighted by molar-refractivity contribution is -0.144. The maximum atomic E-state index is 11.8. The molecule has 3 rings (SSSR count). The number of methoxy groups -OCH3 is 1. The highest BCUT2D eigenvalue weighted by molar-refractivity contribution is 7.11. The summed E-state index contributed by atoms with van der Waals surface area (Å²) in [5.74, 6) is -0.266. The first-order valence-electron chi connectivity index (χ1n) is 6.08. The summed E-state index contributed by atoms with van der Waals surface area (Å²) in [6.07, 6.45) is 0. The lowest BCUT2D eigenvalue weighted by Gasteiger charge is -2.34. The zero-order valence-electron chi connectivity index (χ0n) is 10.5. The van der Waals surface area contributed by atoms with Gasteiger partial charge in [0, 0.05) is 11.9 Å². The fraction of sp³-hybridized carbons (Fsp3) is 0.385. The third kappa shape index (κ3) is 2.17. The lowest BCUT2D eigenvalue weighted by atomic mass is 10.2. The summed E-state index contributed by atoms with van der Waals surface area (Å²) in [6, 6.07) is 7.56. The van der Waals surface area contributed by atoms with Crippen LogP contribution in [0.25, 0.3) is 10.9 Å². The molecule has 0 saturated carbocycles. The van der Waals surface area contributed by atoms with E-state index in [1.165, 1.54) is 18.6 Å². The van der Waals surface area contributed by atoms with Gasteiger partial charge in [-0.1, -0.05) is 12.1 Å². The van der Waals surface area contributed by atoms with E-state index in [1.807, 2.05) is 29.2 Å². The number of ether oxygens (including phenoxy) is 2. The van der Waals surface area contributed by atoms with Gasteiger partial charge in [-0.15, -0.1) is 0 Å². The van der Waals surface area contributed by atoms with Crippen LogP contribution in [0.2, 0.25) is 0 Å². The van der Waals surface area contributed by atoms with Crippen LogP contribution in [-0.4, -0.2) is 43.3 Å². The summed E-state index contributed by atoms with van der Waals surface area (Å²) in [5, 5.41) is 2.08. The molecule has 1 aliphatic heterocycles. The van der Waals surface area contributed by atoms with Crippen LogP contribution in [0.1, 0.15) is 0 Å². The first-order chi connectivity index (χ1) is 9.31. The maximum Gasteiger partial charge on any atom is 0.330 e. The van der Waals surface area contributed by atoms with Crippen molar-refractivity contribution in [2.24, 2.45) is 0 Å². The number of carbonyl (C=O) groups excluding carboxylic acids is 1. The Balaban J connectivity index is 2.00. The first kappa shape index (κ1) is 12.4. The van der Waals surface area contributed by atoms with Crippen LogP contribution in [0.5, 0.6) is 0 Å². The van der Waals surface area contributed by atoms with Crippen molar-refractivity contribution in [3.63, 3.8) is 0 Å². The van der Waals surface area contributed by atoms with Crippen molar-refractivity contribution in [3.8, 4) is 0 Å². The SMILES string of the molecule is COC(=O)C1COCCN1c1snc2ccccc12. The molecule has 1 aromatic carbocycles. The molecule has 0 radical (unpaired) electrons. The summed E-state index contributed by atoms with van der Waals surface area (Å²) in [7, 11) is 1.40. The Morgan fingerprint density at radius 3 is 3.21 bits per heavy atom. The molecule has 100 valence electrons. The number of hydrogen-bond donors (Lipinski definition) is 0. The minimum atomic E-state index is -0.386. The van der Waals surface area contributed by atoms with E-state index in [9.17, 15) is 4.79 Å². The topological polar surface area (TPSA) is 51.7 Å². The van der Waals surface area contributed by atoms with Gasteiger partial charge >= 0.3 is 5.97 Å². The van der Waals surface area contributed by atoms with Gasteiger partial charge in [0.1, 0.15) is 5.00 Å². The number of aromatic nitrogens is 1. The van der Waals surface area contributed by atoms with Crippen molar-refractivity contribution in [1.29, 1.82) is 0 Å². The van der Waals surface area contributed by atoms with Crippen molar-refractivity contribution in [2.45, 2.75) is 6.04 Å². The number of carbonyl (C=O) groups is 1. The van der Waals surface area contributed by atoms with Gasteiger partial charge in [0.05, 0.1) is 25.8 Å². The molecule has 0 spiro atoms. The third-order valence-electron chi connectivity index (χ3n) is 3.23. The van der Waals surface area contributed by atoms with Crippen LogP contribution >= 0.6 is 11.5 Å². The Hall–Kier alpha value is -1.66. The molecule has 1 fully saturated rings. The van der Waals surface area contributed by atoms with Crippen molar-refractivity contribution in [1.82, 2.24) is 4.37 Å². The number of nitrogens with zero attached hydrogens (tertiary/aromatic N) is 2. The first-order valence-corrected chi connectivity index (χ1v) is 6.85. The molecule has 2 aromatic rings. The summed E-state index contributed by atoms with van der Waals surface area (Å²) in [5.41, 5.74) is 0.956. The van der Waals surface area contributed by atoms with Crippen LogP contribution in [0.4, 0.5) is 5.00 Å². The van der Waals surface area contributed by atoms with E-state index in [4.69, 9.17) is 9.47 Å². The minimum Gasteiger partial charge on any atom is -0.467 e. The van der Waals surface area contributed by atoms with Gasteiger partial charge in [-0.25, -0.2) is 4.79 Å². The van der Waals surface area contributed by atoms with Crippen LogP contribution < -0.4 is 4.90 Å². The van der Waals surface area contributed by atoms with Gasteiger partial charge in [0.15, 0.2) is 6.04 Å². The molecule has 5 nitrogen and oxygen atoms in total. The minimum absolute atomic E-state index is 0.266. The molecule has 0 aliphatic carbocycles. The van der Waals surface area contributed by atoms with Crippen LogP contribution in [-0.2, 0) is 14.3 Å². The van der Waals surface area contributed by atoms with E-state index in [1.54, 1.807) is 0 Å².